The van der Waals surface area contributed by atoms with Crippen molar-refractivity contribution >= 4 is 6.08 Å². The average Bonchev–Trinajstić information content (AvgIpc) is 3.44. The van der Waals surface area contributed by atoms with Gasteiger partial charge in [-0.1, -0.05) is 127 Å². The third kappa shape index (κ3) is 5.74. The molecule has 0 aromatic heterocycles. The van der Waals surface area contributed by atoms with Gasteiger partial charge in [-0.05, 0) is 34.8 Å². The van der Waals surface area contributed by atoms with Gasteiger partial charge in [-0.3, -0.25) is 0 Å². The Morgan fingerprint density at radius 2 is 1.41 bits per heavy atom. The van der Waals surface area contributed by atoms with E-state index in [9.17, 15) is 0 Å². The van der Waals surface area contributed by atoms with Gasteiger partial charge in [0.15, 0.2) is 0 Å². The molecule has 2 aliphatic rings. The van der Waals surface area contributed by atoms with Gasteiger partial charge in [-0.15, -0.1) is 0 Å². The van der Waals surface area contributed by atoms with E-state index in [0.29, 0.717) is 13.2 Å². The van der Waals surface area contributed by atoms with Gasteiger partial charge in [0.1, 0.15) is 12.4 Å². The molecule has 0 bridgehead atoms. The molecule has 194 valence electrons. The van der Waals surface area contributed by atoms with Crippen LogP contribution in [0.3, 0.4) is 0 Å². The normalized spacial score (nSPS) is 16.4. The summed E-state index contributed by atoms with van der Waals surface area (Å²) in [7, 11) is 0. The molecule has 0 fully saturated rings. The zero-order chi connectivity index (χ0) is 26.3. The van der Waals surface area contributed by atoms with Crippen LogP contribution in [0.5, 0.6) is 5.75 Å². The molecule has 39 heavy (non-hydrogen) atoms. The molecule has 2 aliphatic carbocycles. The standard InChI is InChI=1S/C36H32O3/c1-4-13-27(14-5-1)32-21-12-22-33(28-15-6-2-7-16-28)35(32)37-25-26-38-36(39-30-18-8-3-9-19-30)34-24-23-29-17-10-11-20-31(29)34/h1-8,10-18,20-24,34,36H,9,19,25-26H2. The topological polar surface area (TPSA) is 27.7 Å². The Bertz CT molecular complexity index is 1430. The van der Waals surface area contributed by atoms with Crippen LogP contribution in [0.2, 0.25) is 0 Å². The van der Waals surface area contributed by atoms with Crippen molar-refractivity contribution in [2.75, 3.05) is 13.2 Å². The van der Waals surface area contributed by atoms with Crippen LogP contribution in [0, 0.1) is 0 Å². The third-order valence-corrected chi connectivity index (χ3v) is 7.17. The second-order valence-electron chi connectivity index (χ2n) is 9.73. The molecule has 3 nitrogen and oxygen atoms in total. The molecule has 0 N–H and O–H groups in total. The summed E-state index contributed by atoms with van der Waals surface area (Å²) in [5.74, 6) is 1.86. The summed E-state index contributed by atoms with van der Waals surface area (Å²) in [6.45, 7) is 0.804. The van der Waals surface area contributed by atoms with Gasteiger partial charge in [-0.25, -0.2) is 0 Å². The third-order valence-electron chi connectivity index (χ3n) is 7.17. The summed E-state index contributed by atoms with van der Waals surface area (Å²) in [6.07, 6.45) is 12.1. The highest BCUT2D eigenvalue weighted by molar-refractivity contribution is 5.82. The Balaban J connectivity index is 1.22. The predicted octanol–water partition coefficient (Wildman–Crippen LogP) is 8.80. The quantitative estimate of drug-likeness (QED) is 0.157. The number of hydrogen-bond donors (Lipinski definition) is 0. The highest BCUT2D eigenvalue weighted by atomic mass is 16.7. The summed E-state index contributed by atoms with van der Waals surface area (Å²) in [6, 6.07) is 35.5. The molecule has 4 aromatic rings. The van der Waals surface area contributed by atoms with Crippen molar-refractivity contribution < 1.29 is 14.2 Å². The van der Waals surface area contributed by atoms with Crippen LogP contribution >= 0.6 is 0 Å². The minimum absolute atomic E-state index is 0.0319. The van der Waals surface area contributed by atoms with Crippen molar-refractivity contribution in [2.45, 2.75) is 25.0 Å². The summed E-state index contributed by atoms with van der Waals surface area (Å²) < 4.78 is 19.4. The predicted molar refractivity (Wildman–Crippen MR) is 158 cm³/mol. The molecule has 0 radical (unpaired) electrons. The molecule has 0 spiro atoms. The lowest BCUT2D eigenvalue weighted by atomic mass is 9.97. The molecular formula is C36H32O3. The first-order chi connectivity index (χ1) is 19.4. The van der Waals surface area contributed by atoms with Crippen LogP contribution in [0.1, 0.15) is 29.9 Å². The fraction of sp³-hybridized carbons (Fsp3) is 0.167. The lowest BCUT2D eigenvalue weighted by Crippen LogP contribution is -2.26. The Hall–Kier alpha value is -4.34. The van der Waals surface area contributed by atoms with Gasteiger partial charge in [0.2, 0.25) is 6.29 Å². The second kappa shape index (κ2) is 12.0. The highest BCUT2D eigenvalue weighted by Gasteiger charge is 2.29. The first-order valence-electron chi connectivity index (χ1n) is 13.6. The van der Waals surface area contributed by atoms with Gasteiger partial charge in [-0.2, -0.15) is 0 Å². The fourth-order valence-electron chi connectivity index (χ4n) is 5.24. The molecule has 0 amide bonds. The van der Waals surface area contributed by atoms with E-state index in [0.717, 1.165) is 46.6 Å². The lowest BCUT2D eigenvalue weighted by molar-refractivity contribution is -0.129. The molecule has 4 aromatic carbocycles. The summed E-state index contributed by atoms with van der Waals surface area (Å²) in [5.41, 5.74) is 6.83. The number of allylic oxidation sites excluding steroid dienone is 4. The number of ether oxygens (including phenoxy) is 3. The Morgan fingerprint density at radius 1 is 0.718 bits per heavy atom. The van der Waals surface area contributed by atoms with Crippen molar-refractivity contribution in [1.29, 1.82) is 0 Å². The number of para-hydroxylation sites is 1. The zero-order valence-corrected chi connectivity index (χ0v) is 21.9. The number of fused-ring (bicyclic) bond motifs is 1. The van der Waals surface area contributed by atoms with Crippen molar-refractivity contribution in [2.24, 2.45) is 0 Å². The molecular weight excluding hydrogens is 480 g/mol. The first-order valence-corrected chi connectivity index (χ1v) is 13.6. The minimum Gasteiger partial charge on any atom is -0.490 e. The number of hydrogen-bond acceptors (Lipinski definition) is 3. The fourth-order valence-corrected chi connectivity index (χ4v) is 5.24. The van der Waals surface area contributed by atoms with E-state index in [1.807, 2.05) is 18.2 Å². The first kappa shape index (κ1) is 25.0. The Morgan fingerprint density at radius 3 is 2.10 bits per heavy atom. The van der Waals surface area contributed by atoms with Crippen LogP contribution in [-0.2, 0) is 9.47 Å². The van der Waals surface area contributed by atoms with Gasteiger partial charge in [0, 0.05) is 17.5 Å². The van der Waals surface area contributed by atoms with Crippen LogP contribution < -0.4 is 4.74 Å². The van der Waals surface area contributed by atoms with Gasteiger partial charge in [0.05, 0.1) is 18.3 Å². The van der Waals surface area contributed by atoms with E-state index in [1.165, 1.54) is 11.1 Å². The van der Waals surface area contributed by atoms with E-state index >= 15 is 0 Å². The van der Waals surface area contributed by atoms with E-state index in [2.05, 4.69) is 115 Å². The van der Waals surface area contributed by atoms with Crippen molar-refractivity contribution in [3.8, 4) is 28.0 Å². The van der Waals surface area contributed by atoms with Crippen molar-refractivity contribution in [3.05, 3.63) is 144 Å². The van der Waals surface area contributed by atoms with E-state index < -0.39 is 6.29 Å². The monoisotopic (exact) mass is 512 g/mol. The van der Waals surface area contributed by atoms with Crippen LogP contribution in [0.4, 0.5) is 0 Å². The van der Waals surface area contributed by atoms with Crippen LogP contribution in [0.15, 0.2) is 133 Å². The molecule has 2 unspecified atom stereocenters. The van der Waals surface area contributed by atoms with Gasteiger partial charge >= 0.3 is 0 Å². The number of benzene rings is 4. The van der Waals surface area contributed by atoms with E-state index in [-0.39, 0.29) is 5.92 Å². The zero-order valence-electron chi connectivity index (χ0n) is 21.9. The van der Waals surface area contributed by atoms with E-state index in [4.69, 9.17) is 14.2 Å². The van der Waals surface area contributed by atoms with Crippen molar-refractivity contribution in [1.82, 2.24) is 0 Å². The Kier molecular flexibility index (Phi) is 7.69. The SMILES string of the molecule is C1=CCCC(OC(OCCOc2c(-c3ccccc3)cccc2-c2ccccc2)C2C=Cc3ccccc32)=C1. The maximum Gasteiger partial charge on any atom is 0.209 e. The summed E-state index contributed by atoms with van der Waals surface area (Å²) >= 11 is 0. The molecule has 0 heterocycles. The smallest absolute Gasteiger partial charge is 0.209 e. The average molecular weight is 513 g/mol. The largest absolute Gasteiger partial charge is 0.490 e. The molecule has 3 heteroatoms. The maximum atomic E-state index is 6.53. The lowest BCUT2D eigenvalue weighted by Gasteiger charge is -2.27. The minimum atomic E-state index is -0.427. The molecule has 0 saturated heterocycles. The molecule has 2 atom stereocenters. The van der Waals surface area contributed by atoms with Crippen LogP contribution in [0.25, 0.3) is 28.3 Å². The second-order valence-corrected chi connectivity index (χ2v) is 9.73. The Labute approximate surface area is 230 Å². The molecule has 6 rings (SSSR count). The maximum absolute atomic E-state index is 6.53. The number of rotatable bonds is 10. The van der Waals surface area contributed by atoms with Gasteiger partial charge in [0.25, 0.3) is 0 Å². The summed E-state index contributed by atoms with van der Waals surface area (Å²) in [4.78, 5) is 0. The van der Waals surface area contributed by atoms with Crippen molar-refractivity contribution in [3.63, 3.8) is 0 Å². The van der Waals surface area contributed by atoms with Gasteiger partial charge < -0.3 is 14.2 Å². The summed E-state index contributed by atoms with van der Waals surface area (Å²) in [5, 5.41) is 0. The highest BCUT2D eigenvalue weighted by Crippen LogP contribution is 2.39. The molecule has 0 saturated carbocycles. The van der Waals surface area contributed by atoms with Crippen LogP contribution in [-0.4, -0.2) is 19.5 Å². The van der Waals surface area contributed by atoms with E-state index in [1.54, 1.807) is 0 Å². The molecule has 0 aliphatic heterocycles.